The average Bonchev–Trinajstić information content (AvgIpc) is 2.94. The van der Waals surface area contributed by atoms with E-state index in [2.05, 4.69) is 28.3 Å². The molecule has 0 spiro atoms. The summed E-state index contributed by atoms with van der Waals surface area (Å²) in [5.41, 5.74) is 2.12. The maximum atomic E-state index is 5.43. The van der Waals surface area contributed by atoms with Crippen molar-refractivity contribution in [1.82, 2.24) is 4.90 Å². The number of hydrogen-bond donors (Lipinski definition) is 1. The number of fused-ring (bicyclic) bond motifs is 1. The molecule has 88 valence electrons. The zero-order valence-corrected chi connectivity index (χ0v) is 10.0. The van der Waals surface area contributed by atoms with Crippen molar-refractivity contribution in [3.63, 3.8) is 0 Å². The fourth-order valence-corrected chi connectivity index (χ4v) is 3.16. The first kappa shape index (κ1) is 10.7. The fraction of sp³-hybridized carbons (Fsp3) is 0.467. The minimum atomic E-state index is 0.602. The Balaban J connectivity index is 1.72. The second-order valence-electron chi connectivity index (χ2n) is 5.01. The van der Waals surface area contributed by atoms with Gasteiger partial charge in [0, 0.05) is 29.9 Å². The minimum absolute atomic E-state index is 0.602. The summed E-state index contributed by atoms with van der Waals surface area (Å²) >= 11 is 0. The number of benzene rings is 1. The molecule has 2 heterocycles. The highest BCUT2D eigenvalue weighted by atomic mass is 15.2. The molecule has 0 bridgehead atoms. The molecule has 2 aliphatic rings. The molecule has 1 N–H and O–H groups in total. The SMILES string of the molecule is C#Cc1cccc(NC2CCN3CCCC23)c1. The zero-order chi connectivity index (χ0) is 11.7. The highest BCUT2D eigenvalue weighted by Crippen LogP contribution is 2.30. The van der Waals surface area contributed by atoms with Crippen molar-refractivity contribution in [2.24, 2.45) is 0 Å². The van der Waals surface area contributed by atoms with Crippen molar-refractivity contribution < 1.29 is 0 Å². The van der Waals surface area contributed by atoms with Crippen LogP contribution in [0.25, 0.3) is 0 Å². The molecule has 0 saturated carbocycles. The molecule has 2 unspecified atom stereocenters. The molecule has 3 rings (SSSR count). The highest BCUT2D eigenvalue weighted by Gasteiger charge is 2.36. The molecule has 0 amide bonds. The molecule has 2 fully saturated rings. The third-order valence-corrected chi connectivity index (χ3v) is 3.99. The van der Waals surface area contributed by atoms with Crippen molar-refractivity contribution in [3.8, 4) is 12.3 Å². The lowest BCUT2D eigenvalue weighted by atomic mass is 10.1. The molecule has 0 aliphatic carbocycles. The molecule has 2 saturated heterocycles. The van der Waals surface area contributed by atoms with E-state index in [1.54, 1.807) is 0 Å². The number of terminal acetylenes is 1. The molecule has 0 aromatic heterocycles. The second kappa shape index (κ2) is 4.43. The van der Waals surface area contributed by atoms with E-state index in [4.69, 9.17) is 6.42 Å². The van der Waals surface area contributed by atoms with Crippen LogP contribution in [-0.2, 0) is 0 Å². The van der Waals surface area contributed by atoms with Gasteiger partial charge in [-0.25, -0.2) is 0 Å². The average molecular weight is 226 g/mol. The summed E-state index contributed by atoms with van der Waals surface area (Å²) in [6.45, 7) is 2.53. The molecule has 1 aromatic carbocycles. The van der Waals surface area contributed by atoms with Crippen LogP contribution in [0.5, 0.6) is 0 Å². The number of nitrogens with zero attached hydrogens (tertiary/aromatic N) is 1. The molecule has 2 aliphatic heterocycles. The fourth-order valence-electron chi connectivity index (χ4n) is 3.16. The number of nitrogens with one attached hydrogen (secondary N) is 1. The summed E-state index contributed by atoms with van der Waals surface area (Å²) in [6, 6.07) is 9.52. The van der Waals surface area contributed by atoms with E-state index in [0.29, 0.717) is 6.04 Å². The van der Waals surface area contributed by atoms with Gasteiger partial charge in [-0.05, 0) is 44.0 Å². The van der Waals surface area contributed by atoms with Gasteiger partial charge in [0.15, 0.2) is 0 Å². The van der Waals surface area contributed by atoms with E-state index in [1.165, 1.54) is 38.0 Å². The normalized spacial score (nSPS) is 27.7. The predicted molar refractivity (Wildman–Crippen MR) is 71.0 cm³/mol. The summed E-state index contributed by atoms with van der Waals surface area (Å²) in [4.78, 5) is 2.61. The Labute approximate surface area is 103 Å². The molecular weight excluding hydrogens is 208 g/mol. The van der Waals surface area contributed by atoms with Gasteiger partial charge in [-0.15, -0.1) is 6.42 Å². The Hall–Kier alpha value is -1.46. The number of anilines is 1. The van der Waals surface area contributed by atoms with Gasteiger partial charge in [0.2, 0.25) is 0 Å². The van der Waals surface area contributed by atoms with Crippen molar-refractivity contribution in [3.05, 3.63) is 29.8 Å². The van der Waals surface area contributed by atoms with Crippen LogP contribution < -0.4 is 5.32 Å². The van der Waals surface area contributed by atoms with Crippen LogP contribution in [0.3, 0.4) is 0 Å². The largest absolute Gasteiger partial charge is 0.381 e. The number of rotatable bonds is 2. The topological polar surface area (TPSA) is 15.3 Å². The van der Waals surface area contributed by atoms with Gasteiger partial charge in [0.1, 0.15) is 0 Å². The second-order valence-corrected chi connectivity index (χ2v) is 5.01. The van der Waals surface area contributed by atoms with Crippen molar-refractivity contribution in [2.75, 3.05) is 18.4 Å². The van der Waals surface area contributed by atoms with E-state index < -0.39 is 0 Å². The lowest BCUT2D eigenvalue weighted by Gasteiger charge is -2.22. The highest BCUT2D eigenvalue weighted by molar-refractivity contribution is 5.51. The maximum absolute atomic E-state index is 5.43. The van der Waals surface area contributed by atoms with Gasteiger partial charge in [0.25, 0.3) is 0 Å². The Morgan fingerprint density at radius 2 is 2.24 bits per heavy atom. The van der Waals surface area contributed by atoms with Crippen LogP contribution in [0, 0.1) is 12.3 Å². The molecule has 2 atom stereocenters. The first-order valence-corrected chi connectivity index (χ1v) is 6.44. The first-order chi connectivity index (χ1) is 8.36. The Morgan fingerprint density at radius 1 is 1.29 bits per heavy atom. The third-order valence-electron chi connectivity index (χ3n) is 3.99. The third kappa shape index (κ3) is 2.03. The predicted octanol–water partition coefficient (Wildman–Crippen LogP) is 2.32. The Kier molecular flexibility index (Phi) is 2.78. The summed E-state index contributed by atoms with van der Waals surface area (Å²) in [5.74, 6) is 2.69. The summed E-state index contributed by atoms with van der Waals surface area (Å²) in [6.07, 6.45) is 9.38. The maximum Gasteiger partial charge on any atom is 0.0429 e. The molecular formula is C15H18N2. The minimum Gasteiger partial charge on any atom is -0.381 e. The smallest absolute Gasteiger partial charge is 0.0429 e. The zero-order valence-electron chi connectivity index (χ0n) is 10.0. The van der Waals surface area contributed by atoms with Gasteiger partial charge >= 0.3 is 0 Å². The van der Waals surface area contributed by atoms with Crippen LogP contribution in [0.2, 0.25) is 0 Å². The molecule has 0 radical (unpaired) electrons. The Bertz CT molecular complexity index is 446. The van der Waals surface area contributed by atoms with Gasteiger partial charge < -0.3 is 5.32 Å². The monoisotopic (exact) mass is 226 g/mol. The first-order valence-electron chi connectivity index (χ1n) is 6.44. The van der Waals surface area contributed by atoms with Crippen LogP contribution in [-0.4, -0.2) is 30.1 Å². The molecule has 2 heteroatoms. The van der Waals surface area contributed by atoms with Crippen LogP contribution in [0.4, 0.5) is 5.69 Å². The van der Waals surface area contributed by atoms with Gasteiger partial charge in [-0.2, -0.15) is 0 Å². The number of hydrogen-bond acceptors (Lipinski definition) is 2. The van der Waals surface area contributed by atoms with E-state index in [0.717, 1.165) is 11.6 Å². The van der Waals surface area contributed by atoms with Crippen LogP contribution in [0.15, 0.2) is 24.3 Å². The van der Waals surface area contributed by atoms with Gasteiger partial charge in [0.05, 0.1) is 0 Å². The van der Waals surface area contributed by atoms with E-state index in [9.17, 15) is 0 Å². The van der Waals surface area contributed by atoms with Crippen molar-refractivity contribution >= 4 is 5.69 Å². The Morgan fingerprint density at radius 3 is 3.12 bits per heavy atom. The van der Waals surface area contributed by atoms with Crippen molar-refractivity contribution in [2.45, 2.75) is 31.3 Å². The van der Waals surface area contributed by atoms with Gasteiger partial charge in [-0.1, -0.05) is 12.0 Å². The summed E-state index contributed by atoms with van der Waals surface area (Å²) < 4.78 is 0. The van der Waals surface area contributed by atoms with Crippen LogP contribution >= 0.6 is 0 Å². The summed E-state index contributed by atoms with van der Waals surface area (Å²) in [7, 11) is 0. The van der Waals surface area contributed by atoms with Crippen molar-refractivity contribution in [1.29, 1.82) is 0 Å². The van der Waals surface area contributed by atoms with Gasteiger partial charge in [-0.3, -0.25) is 4.90 Å². The lowest BCUT2D eigenvalue weighted by Crippen LogP contribution is -2.33. The molecule has 17 heavy (non-hydrogen) atoms. The standard InChI is InChI=1S/C15H18N2/c1-2-12-5-3-6-13(11-12)16-14-8-10-17-9-4-7-15(14)17/h1,3,5-6,11,14-16H,4,7-10H2. The molecule has 2 nitrogen and oxygen atoms in total. The van der Waals surface area contributed by atoms with E-state index in [-0.39, 0.29) is 0 Å². The van der Waals surface area contributed by atoms with E-state index >= 15 is 0 Å². The quantitative estimate of drug-likeness (QED) is 0.779. The molecule has 1 aromatic rings. The van der Waals surface area contributed by atoms with Crippen LogP contribution in [0.1, 0.15) is 24.8 Å². The van der Waals surface area contributed by atoms with E-state index in [1.807, 2.05) is 12.1 Å². The lowest BCUT2D eigenvalue weighted by molar-refractivity contribution is 0.318. The summed E-state index contributed by atoms with van der Waals surface area (Å²) in [5, 5.41) is 3.65.